The standard InChI is InChI=1S/C15H21FN2OS/c1-20-12-4-7-15(19)18-10-8-17(9-11-18)14-6-3-2-5-13(14)16/h2-3,5-6H,4,7-12H2,1H3. The minimum atomic E-state index is -0.188. The molecule has 0 N–H and O–H groups in total. The lowest BCUT2D eigenvalue weighted by molar-refractivity contribution is -0.131. The summed E-state index contributed by atoms with van der Waals surface area (Å²) in [4.78, 5) is 15.9. The Bertz CT molecular complexity index is 447. The number of para-hydroxylation sites is 1. The first kappa shape index (κ1) is 15.2. The second-order valence-corrected chi connectivity index (χ2v) is 5.90. The highest BCUT2D eigenvalue weighted by molar-refractivity contribution is 7.98. The van der Waals surface area contributed by atoms with Crippen molar-refractivity contribution in [2.45, 2.75) is 12.8 Å². The highest BCUT2D eigenvalue weighted by Gasteiger charge is 2.22. The summed E-state index contributed by atoms with van der Waals surface area (Å²) in [5, 5.41) is 0. The van der Waals surface area contributed by atoms with Gasteiger partial charge in [0.15, 0.2) is 0 Å². The third-order valence-corrected chi connectivity index (χ3v) is 4.26. The normalized spacial score (nSPS) is 15.5. The molecule has 1 heterocycles. The molecule has 1 aliphatic heterocycles. The molecular formula is C15H21FN2OS. The van der Waals surface area contributed by atoms with Gasteiger partial charge in [0.1, 0.15) is 5.82 Å². The molecule has 1 aliphatic rings. The van der Waals surface area contributed by atoms with Gasteiger partial charge in [-0.25, -0.2) is 4.39 Å². The number of amides is 1. The van der Waals surface area contributed by atoms with Gasteiger partial charge in [-0.3, -0.25) is 4.79 Å². The molecule has 1 fully saturated rings. The number of carbonyl (C=O) groups excluding carboxylic acids is 1. The number of thioether (sulfide) groups is 1. The minimum absolute atomic E-state index is 0.188. The monoisotopic (exact) mass is 296 g/mol. The Morgan fingerprint density at radius 1 is 1.25 bits per heavy atom. The average Bonchev–Trinajstić information content (AvgIpc) is 2.48. The molecule has 0 spiro atoms. The summed E-state index contributed by atoms with van der Waals surface area (Å²) in [6.45, 7) is 2.78. The fraction of sp³-hybridized carbons (Fsp3) is 0.533. The van der Waals surface area contributed by atoms with Gasteiger partial charge >= 0.3 is 0 Å². The zero-order valence-electron chi connectivity index (χ0n) is 11.8. The summed E-state index contributed by atoms with van der Waals surface area (Å²) in [6, 6.07) is 6.82. The number of piperazine rings is 1. The lowest BCUT2D eigenvalue weighted by Gasteiger charge is -2.36. The maximum absolute atomic E-state index is 13.7. The van der Waals surface area contributed by atoms with E-state index in [1.165, 1.54) is 6.07 Å². The maximum atomic E-state index is 13.7. The molecule has 0 saturated carbocycles. The van der Waals surface area contributed by atoms with Crippen molar-refractivity contribution < 1.29 is 9.18 Å². The smallest absolute Gasteiger partial charge is 0.222 e. The van der Waals surface area contributed by atoms with E-state index in [0.29, 0.717) is 38.3 Å². The molecule has 110 valence electrons. The summed E-state index contributed by atoms with van der Waals surface area (Å²) in [6.07, 6.45) is 3.62. The third-order valence-electron chi connectivity index (χ3n) is 3.56. The summed E-state index contributed by atoms with van der Waals surface area (Å²) in [5.41, 5.74) is 0.641. The van der Waals surface area contributed by atoms with E-state index in [2.05, 4.69) is 6.26 Å². The van der Waals surface area contributed by atoms with E-state index in [-0.39, 0.29) is 11.7 Å². The van der Waals surface area contributed by atoms with Crippen molar-refractivity contribution in [1.29, 1.82) is 0 Å². The van der Waals surface area contributed by atoms with Gasteiger partial charge in [0.25, 0.3) is 0 Å². The van der Waals surface area contributed by atoms with Crippen LogP contribution in [-0.2, 0) is 4.79 Å². The fourth-order valence-corrected chi connectivity index (χ4v) is 2.86. The van der Waals surface area contributed by atoms with Gasteiger partial charge in [-0.15, -0.1) is 0 Å². The summed E-state index contributed by atoms with van der Waals surface area (Å²) in [5.74, 6) is 1.07. The van der Waals surface area contributed by atoms with Crippen LogP contribution in [0.2, 0.25) is 0 Å². The van der Waals surface area contributed by atoms with E-state index in [1.54, 1.807) is 23.9 Å². The van der Waals surface area contributed by atoms with Crippen LogP contribution in [0.3, 0.4) is 0 Å². The van der Waals surface area contributed by atoms with Crippen LogP contribution in [0.4, 0.5) is 10.1 Å². The molecule has 0 aromatic heterocycles. The number of nitrogens with zero attached hydrogens (tertiary/aromatic N) is 2. The van der Waals surface area contributed by atoms with Crippen LogP contribution < -0.4 is 4.90 Å². The van der Waals surface area contributed by atoms with Crippen molar-refractivity contribution in [3.63, 3.8) is 0 Å². The predicted octanol–water partition coefficient (Wildman–Crippen LogP) is 2.62. The number of hydrogen-bond acceptors (Lipinski definition) is 3. The number of benzene rings is 1. The summed E-state index contributed by atoms with van der Waals surface area (Å²) in [7, 11) is 0. The van der Waals surface area contributed by atoms with Crippen LogP contribution in [0.5, 0.6) is 0 Å². The van der Waals surface area contributed by atoms with Crippen LogP contribution in [0, 0.1) is 5.82 Å². The zero-order chi connectivity index (χ0) is 14.4. The Morgan fingerprint density at radius 2 is 1.95 bits per heavy atom. The molecule has 1 saturated heterocycles. The molecular weight excluding hydrogens is 275 g/mol. The molecule has 3 nitrogen and oxygen atoms in total. The molecule has 0 atom stereocenters. The highest BCUT2D eigenvalue weighted by Crippen LogP contribution is 2.20. The van der Waals surface area contributed by atoms with E-state index in [1.807, 2.05) is 15.9 Å². The van der Waals surface area contributed by atoms with Gasteiger partial charge in [0.2, 0.25) is 5.91 Å². The summed E-state index contributed by atoms with van der Waals surface area (Å²) < 4.78 is 13.7. The quantitative estimate of drug-likeness (QED) is 0.780. The fourth-order valence-electron chi connectivity index (χ4n) is 2.43. The van der Waals surface area contributed by atoms with Crippen molar-refractivity contribution in [3.05, 3.63) is 30.1 Å². The molecule has 20 heavy (non-hydrogen) atoms. The lowest BCUT2D eigenvalue weighted by atomic mass is 10.2. The molecule has 0 radical (unpaired) electrons. The molecule has 0 unspecified atom stereocenters. The summed E-state index contributed by atoms with van der Waals surface area (Å²) >= 11 is 1.77. The van der Waals surface area contributed by atoms with Gasteiger partial charge in [0, 0.05) is 32.6 Å². The SMILES string of the molecule is CSCCCC(=O)N1CCN(c2ccccc2F)CC1. The van der Waals surface area contributed by atoms with E-state index >= 15 is 0 Å². The van der Waals surface area contributed by atoms with E-state index < -0.39 is 0 Å². The number of anilines is 1. The van der Waals surface area contributed by atoms with Crippen LogP contribution in [0.1, 0.15) is 12.8 Å². The number of hydrogen-bond donors (Lipinski definition) is 0. The Kier molecular flexibility index (Phi) is 5.71. The molecule has 1 amide bonds. The number of rotatable bonds is 5. The first-order valence-corrected chi connectivity index (χ1v) is 8.38. The maximum Gasteiger partial charge on any atom is 0.222 e. The van der Waals surface area contributed by atoms with Gasteiger partial charge in [-0.05, 0) is 30.6 Å². The van der Waals surface area contributed by atoms with Crippen LogP contribution in [-0.4, -0.2) is 49.0 Å². The van der Waals surface area contributed by atoms with Crippen molar-refractivity contribution in [2.24, 2.45) is 0 Å². The van der Waals surface area contributed by atoms with Gasteiger partial charge in [-0.1, -0.05) is 12.1 Å². The molecule has 5 heteroatoms. The first-order valence-electron chi connectivity index (χ1n) is 6.98. The van der Waals surface area contributed by atoms with E-state index in [4.69, 9.17) is 0 Å². The lowest BCUT2D eigenvalue weighted by Crippen LogP contribution is -2.49. The molecule has 2 rings (SSSR count). The molecule has 0 bridgehead atoms. The highest BCUT2D eigenvalue weighted by atomic mass is 32.2. The molecule has 1 aromatic carbocycles. The van der Waals surface area contributed by atoms with Crippen molar-refractivity contribution >= 4 is 23.4 Å². The van der Waals surface area contributed by atoms with E-state index in [0.717, 1.165) is 12.2 Å². The van der Waals surface area contributed by atoms with Crippen LogP contribution >= 0.6 is 11.8 Å². The molecule has 0 aliphatic carbocycles. The second-order valence-electron chi connectivity index (χ2n) is 4.92. The van der Waals surface area contributed by atoms with Crippen LogP contribution in [0.15, 0.2) is 24.3 Å². The first-order chi connectivity index (χ1) is 9.72. The Hall–Kier alpha value is -1.23. The zero-order valence-corrected chi connectivity index (χ0v) is 12.7. The van der Waals surface area contributed by atoms with Gasteiger partial charge in [-0.2, -0.15) is 11.8 Å². The van der Waals surface area contributed by atoms with Crippen molar-refractivity contribution in [1.82, 2.24) is 4.90 Å². The minimum Gasteiger partial charge on any atom is -0.366 e. The van der Waals surface area contributed by atoms with Gasteiger partial charge in [0.05, 0.1) is 5.69 Å². The van der Waals surface area contributed by atoms with Crippen molar-refractivity contribution in [3.8, 4) is 0 Å². The predicted molar refractivity (Wildman–Crippen MR) is 82.8 cm³/mol. The van der Waals surface area contributed by atoms with E-state index in [9.17, 15) is 9.18 Å². The topological polar surface area (TPSA) is 23.6 Å². The Morgan fingerprint density at radius 3 is 2.60 bits per heavy atom. The third kappa shape index (κ3) is 3.88. The Labute approximate surface area is 124 Å². The van der Waals surface area contributed by atoms with Gasteiger partial charge < -0.3 is 9.80 Å². The number of halogens is 1. The number of carbonyl (C=O) groups is 1. The average molecular weight is 296 g/mol. The molecule has 1 aromatic rings. The largest absolute Gasteiger partial charge is 0.366 e. The second kappa shape index (κ2) is 7.53. The van der Waals surface area contributed by atoms with Crippen LogP contribution in [0.25, 0.3) is 0 Å². The van der Waals surface area contributed by atoms with Crippen molar-refractivity contribution in [2.75, 3.05) is 43.1 Å². The Balaban J connectivity index is 1.83.